The van der Waals surface area contributed by atoms with Crippen molar-refractivity contribution in [3.63, 3.8) is 0 Å². The summed E-state index contributed by atoms with van der Waals surface area (Å²) in [7, 11) is 0. The van der Waals surface area contributed by atoms with Crippen LogP contribution in [0.2, 0.25) is 0 Å². The third-order valence-electron chi connectivity index (χ3n) is 3.60. The predicted octanol–water partition coefficient (Wildman–Crippen LogP) is 4.01. The summed E-state index contributed by atoms with van der Waals surface area (Å²) in [6.07, 6.45) is 2.22. The number of para-hydroxylation sites is 1. The van der Waals surface area contributed by atoms with Crippen molar-refractivity contribution in [3.05, 3.63) is 36.4 Å². The van der Waals surface area contributed by atoms with E-state index in [4.69, 9.17) is 0 Å². The molecule has 2 aromatic carbocycles. The number of phenols is 2. The highest BCUT2D eigenvalue weighted by Gasteiger charge is 2.12. The van der Waals surface area contributed by atoms with Crippen molar-refractivity contribution in [2.24, 2.45) is 0 Å². The van der Waals surface area contributed by atoms with E-state index in [1.807, 2.05) is 12.1 Å². The highest BCUT2D eigenvalue weighted by Crippen LogP contribution is 2.36. The van der Waals surface area contributed by atoms with Gasteiger partial charge < -0.3 is 14.8 Å². The van der Waals surface area contributed by atoms with E-state index in [9.17, 15) is 10.2 Å². The molecule has 0 aliphatic rings. The van der Waals surface area contributed by atoms with Crippen molar-refractivity contribution >= 4 is 21.8 Å². The van der Waals surface area contributed by atoms with Crippen LogP contribution in [0.1, 0.15) is 19.8 Å². The Bertz CT molecular complexity index is 743. The number of rotatable bonds is 3. The Balaban J connectivity index is 2.37. The summed E-state index contributed by atoms with van der Waals surface area (Å²) in [6, 6.07) is 11.4. The normalized spacial score (nSPS) is 11.4. The van der Waals surface area contributed by atoms with Gasteiger partial charge in [0.1, 0.15) is 0 Å². The summed E-state index contributed by atoms with van der Waals surface area (Å²) in [4.78, 5) is 0. The van der Waals surface area contributed by atoms with Gasteiger partial charge in [0.2, 0.25) is 0 Å². The number of fused-ring (bicyclic) bond motifs is 3. The molecule has 3 rings (SSSR count). The molecule has 0 radical (unpaired) electrons. The lowest BCUT2D eigenvalue weighted by atomic mass is 10.1. The van der Waals surface area contributed by atoms with E-state index in [0.29, 0.717) is 0 Å². The summed E-state index contributed by atoms with van der Waals surface area (Å²) >= 11 is 0. The maximum absolute atomic E-state index is 9.73. The van der Waals surface area contributed by atoms with E-state index in [-0.39, 0.29) is 11.5 Å². The number of hydrogen-bond donors (Lipinski definition) is 2. The van der Waals surface area contributed by atoms with Gasteiger partial charge >= 0.3 is 0 Å². The lowest BCUT2D eigenvalue weighted by Crippen LogP contribution is -1.96. The minimum atomic E-state index is -0.0640. The SMILES string of the molecule is CCCCn1c2ccccc2c2cc(O)c(O)cc21. The van der Waals surface area contributed by atoms with Gasteiger partial charge in [-0.05, 0) is 18.6 Å². The number of unbranched alkanes of at least 4 members (excludes halogenated alkanes) is 1. The molecule has 0 atom stereocenters. The van der Waals surface area contributed by atoms with Gasteiger partial charge in [0, 0.05) is 28.9 Å². The highest BCUT2D eigenvalue weighted by atomic mass is 16.3. The van der Waals surface area contributed by atoms with E-state index < -0.39 is 0 Å². The Morgan fingerprint density at radius 3 is 2.47 bits per heavy atom. The van der Waals surface area contributed by atoms with Gasteiger partial charge in [0.05, 0.1) is 5.52 Å². The molecule has 3 nitrogen and oxygen atoms in total. The van der Waals surface area contributed by atoms with Gasteiger partial charge in [0.15, 0.2) is 11.5 Å². The molecule has 0 aliphatic heterocycles. The van der Waals surface area contributed by atoms with E-state index in [1.165, 1.54) is 0 Å². The molecule has 19 heavy (non-hydrogen) atoms. The second-order valence-corrected chi connectivity index (χ2v) is 4.88. The number of phenolic OH excluding ortho intramolecular Hbond substituents is 2. The molecule has 0 saturated heterocycles. The van der Waals surface area contributed by atoms with E-state index >= 15 is 0 Å². The molecule has 3 aromatic rings. The average molecular weight is 255 g/mol. The minimum Gasteiger partial charge on any atom is -0.504 e. The largest absolute Gasteiger partial charge is 0.504 e. The first-order valence-electron chi connectivity index (χ1n) is 6.65. The molecule has 0 saturated carbocycles. The maximum Gasteiger partial charge on any atom is 0.159 e. The molecule has 98 valence electrons. The molecule has 0 fully saturated rings. The van der Waals surface area contributed by atoms with Crippen LogP contribution in [0.25, 0.3) is 21.8 Å². The topological polar surface area (TPSA) is 45.4 Å². The molecule has 0 bridgehead atoms. The Kier molecular flexibility index (Phi) is 2.82. The zero-order valence-corrected chi connectivity index (χ0v) is 10.9. The van der Waals surface area contributed by atoms with Crippen LogP contribution in [0.4, 0.5) is 0 Å². The van der Waals surface area contributed by atoms with Gasteiger partial charge in [-0.3, -0.25) is 0 Å². The summed E-state index contributed by atoms with van der Waals surface area (Å²) in [5.41, 5.74) is 2.13. The van der Waals surface area contributed by atoms with Gasteiger partial charge in [-0.25, -0.2) is 0 Å². The van der Waals surface area contributed by atoms with Crippen LogP contribution < -0.4 is 0 Å². The molecule has 1 heterocycles. The smallest absolute Gasteiger partial charge is 0.159 e. The van der Waals surface area contributed by atoms with E-state index in [1.54, 1.807) is 12.1 Å². The van der Waals surface area contributed by atoms with Crippen LogP contribution >= 0.6 is 0 Å². The highest BCUT2D eigenvalue weighted by molar-refractivity contribution is 6.09. The van der Waals surface area contributed by atoms with Crippen LogP contribution in [-0.4, -0.2) is 14.8 Å². The third kappa shape index (κ3) is 1.82. The van der Waals surface area contributed by atoms with Crippen molar-refractivity contribution in [1.82, 2.24) is 4.57 Å². The van der Waals surface area contributed by atoms with Gasteiger partial charge in [-0.1, -0.05) is 31.5 Å². The average Bonchev–Trinajstić information content (AvgIpc) is 2.71. The van der Waals surface area contributed by atoms with Crippen molar-refractivity contribution < 1.29 is 10.2 Å². The molecule has 0 spiro atoms. The Labute approximate surface area is 111 Å². The Morgan fingerprint density at radius 1 is 0.947 bits per heavy atom. The lowest BCUT2D eigenvalue weighted by Gasteiger charge is -2.06. The molecular weight excluding hydrogens is 238 g/mol. The zero-order valence-electron chi connectivity index (χ0n) is 10.9. The van der Waals surface area contributed by atoms with Crippen LogP contribution in [0.5, 0.6) is 11.5 Å². The first-order valence-corrected chi connectivity index (χ1v) is 6.65. The van der Waals surface area contributed by atoms with E-state index in [0.717, 1.165) is 41.2 Å². The molecule has 0 aliphatic carbocycles. The van der Waals surface area contributed by atoms with Gasteiger partial charge in [-0.15, -0.1) is 0 Å². The zero-order chi connectivity index (χ0) is 13.4. The number of aryl methyl sites for hydroxylation is 1. The number of aromatic hydroxyl groups is 2. The first kappa shape index (κ1) is 11.9. The second kappa shape index (κ2) is 4.50. The Morgan fingerprint density at radius 2 is 1.68 bits per heavy atom. The molecule has 0 amide bonds. The summed E-state index contributed by atoms with van der Waals surface area (Å²) in [5.74, 6) is -0.126. The second-order valence-electron chi connectivity index (χ2n) is 4.88. The van der Waals surface area contributed by atoms with Crippen molar-refractivity contribution in [2.75, 3.05) is 0 Å². The van der Waals surface area contributed by atoms with Gasteiger partial charge in [-0.2, -0.15) is 0 Å². The molecular formula is C16H17NO2. The van der Waals surface area contributed by atoms with Gasteiger partial charge in [0.25, 0.3) is 0 Å². The summed E-state index contributed by atoms with van der Waals surface area (Å²) in [6.45, 7) is 3.09. The summed E-state index contributed by atoms with van der Waals surface area (Å²) in [5, 5.41) is 21.5. The predicted molar refractivity (Wildman–Crippen MR) is 77.7 cm³/mol. The van der Waals surface area contributed by atoms with Crippen LogP contribution in [0, 0.1) is 0 Å². The number of nitrogens with zero attached hydrogens (tertiary/aromatic N) is 1. The Hall–Kier alpha value is -2.16. The number of hydrogen-bond acceptors (Lipinski definition) is 2. The van der Waals surface area contributed by atoms with Crippen LogP contribution in [-0.2, 0) is 6.54 Å². The molecule has 0 unspecified atom stereocenters. The number of aromatic nitrogens is 1. The third-order valence-corrected chi connectivity index (χ3v) is 3.60. The quantitative estimate of drug-likeness (QED) is 0.695. The summed E-state index contributed by atoms with van der Waals surface area (Å²) < 4.78 is 2.22. The number of benzene rings is 2. The fourth-order valence-corrected chi connectivity index (χ4v) is 2.63. The monoisotopic (exact) mass is 255 g/mol. The fourth-order valence-electron chi connectivity index (χ4n) is 2.63. The maximum atomic E-state index is 9.73. The molecule has 2 N–H and O–H groups in total. The fraction of sp³-hybridized carbons (Fsp3) is 0.250. The lowest BCUT2D eigenvalue weighted by molar-refractivity contribution is 0.404. The molecule has 1 aromatic heterocycles. The molecule has 3 heteroatoms. The van der Waals surface area contributed by atoms with Crippen LogP contribution in [0.15, 0.2) is 36.4 Å². The van der Waals surface area contributed by atoms with E-state index in [2.05, 4.69) is 23.6 Å². The van der Waals surface area contributed by atoms with Crippen LogP contribution in [0.3, 0.4) is 0 Å². The van der Waals surface area contributed by atoms with Crippen molar-refractivity contribution in [2.45, 2.75) is 26.3 Å². The first-order chi connectivity index (χ1) is 9.22. The van der Waals surface area contributed by atoms with Crippen molar-refractivity contribution in [3.8, 4) is 11.5 Å². The minimum absolute atomic E-state index is 0.0620. The van der Waals surface area contributed by atoms with Crippen molar-refractivity contribution in [1.29, 1.82) is 0 Å². The standard InChI is InChI=1S/C16H17NO2/c1-2-3-8-17-13-7-5-4-6-11(13)12-9-15(18)16(19)10-14(12)17/h4-7,9-10,18-19H,2-3,8H2,1H3.